The summed E-state index contributed by atoms with van der Waals surface area (Å²) in [4.78, 5) is 4.44. The number of aromatic nitrogens is 1. The van der Waals surface area contributed by atoms with E-state index in [1.165, 1.54) is 11.4 Å². The Morgan fingerprint density at radius 3 is 2.36 bits per heavy atom. The van der Waals surface area contributed by atoms with Crippen LogP contribution in [0.25, 0.3) is 11.3 Å². The van der Waals surface area contributed by atoms with Crippen LogP contribution in [0.3, 0.4) is 0 Å². The van der Waals surface area contributed by atoms with Gasteiger partial charge in [0.15, 0.2) is 0 Å². The van der Waals surface area contributed by atoms with Gasteiger partial charge in [-0.25, -0.2) is 0 Å². The van der Waals surface area contributed by atoms with E-state index in [2.05, 4.69) is 36.8 Å². The fourth-order valence-corrected chi connectivity index (χ4v) is 4.10. The van der Waals surface area contributed by atoms with Crippen molar-refractivity contribution in [3.63, 3.8) is 0 Å². The Morgan fingerprint density at radius 1 is 1.00 bits per heavy atom. The lowest BCUT2D eigenvalue weighted by Crippen LogP contribution is -2.37. The van der Waals surface area contributed by atoms with E-state index >= 15 is 0 Å². The fraction of sp³-hybridized carbons (Fsp3) is 0.261. The molecule has 25 heavy (non-hydrogen) atoms. The van der Waals surface area contributed by atoms with Gasteiger partial charge in [-0.15, -0.1) is 0 Å². The average molecular weight is 350 g/mol. The third-order valence-electron chi connectivity index (χ3n) is 4.54. The highest BCUT2D eigenvalue weighted by molar-refractivity contribution is 6.88. The van der Waals surface area contributed by atoms with Crippen LogP contribution in [0.15, 0.2) is 66.9 Å². The number of hydrogen-bond acceptors (Lipinski definition) is 1. The Balaban J connectivity index is 2.20. The molecule has 0 saturated heterocycles. The van der Waals surface area contributed by atoms with Gasteiger partial charge in [0.2, 0.25) is 0 Å². The van der Waals surface area contributed by atoms with Crippen LogP contribution in [-0.2, 0) is 0 Å². The first-order valence-electron chi connectivity index (χ1n) is 10.6. The quantitative estimate of drug-likeness (QED) is 0.546. The molecule has 1 aromatic heterocycles. The predicted molar refractivity (Wildman–Crippen MR) is 111 cm³/mol. The summed E-state index contributed by atoms with van der Waals surface area (Å²) in [6, 6.07) is 19.5. The minimum atomic E-state index is -2.18. The minimum Gasteiger partial charge on any atom is -0.256 e. The van der Waals surface area contributed by atoms with Crippen LogP contribution in [0.1, 0.15) is 35.0 Å². The zero-order valence-electron chi connectivity index (χ0n) is 19.3. The average Bonchev–Trinajstić information content (AvgIpc) is 2.67. The van der Waals surface area contributed by atoms with Crippen molar-refractivity contribution in [1.29, 1.82) is 0 Å². The summed E-state index contributed by atoms with van der Waals surface area (Å²) in [7, 11) is -1.58. The fourth-order valence-electron chi connectivity index (χ4n) is 2.94. The van der Waals surface area contributed by atoms with Crippen LogP contribution >= 0.6 is 0 Å². The Hall–Kier alpha value is -2.19. The Morgan fingerprint density at radius 2 is 1.76 bits per heavy atom. The van der Waals surface area contributed by atoms with Crippen molar-refractivity contribution in [1.82, 2.24) is 4.98 Å². The van der Waals surface area contributed by atoms with E-state index in [0.717, 1.165) is 16.7 Å². The van der Waals surface area contributed by atoms with Gasteiger partial charge in [-0.2, -0.15) is 0 Å². The van der Waals surface area contributed by atoms with Crippen LogP contribution in [0.5, 0.6) is 0 Å². The van der Waals surface area contributed by atoms with Crippen LogP contribution in [-0.4, -0.2) is 13.1 Å². The van der Waals surface area contributed by atoms with Gasteiger partial charge < -0.3 is 0 Å². The monoisotopic (exact) mass is 349 g/mol. The lowest BCUT2D eigenvalue weighted by atomic mass is 9.88. The SMILES string of the molecule is [2H]C([2H])([2H])c1ccc(-c2ccc([Si](C)(C)C)cc2C([2H])(C)c2ccccc2)nc1. The van der Waals surface area contributed by atoms with Gasteiger partial charge in [0, 0.05) is 23.1 Å². The summed E-state index contributed by atoms with van der Waals surface area (Å²) in [6.45, 7) is 6.60. The molecule has 0 saturated carbocycles. The number of aryl methyl sites for hydroxylation is 1. The Labute approximate surface area is 158 Å². The van der Waals surface area contributed by atoms with Crippen molar-refractivity contribution >= 4 is 13.3 Å². The molecule has 0 bridgehead atoms. The normalized spacial score (nSPS) is 17.0. The molecule has 1 heterocycles. The van der Waals surface area contributed by atoms with E-state index in [4.69, 9.17) is 4.11 Å². The van der Waals surface area contributed by atoms with E-state index in [0.29, 0.717) is 5.69 Å². The molecule has 0 N–H and O–H groups in total. The van der Waals surface area contributed by atoms with E-state index in [1.807, 2.05) is 43.3 Å². The largest absolute Gasteiger partial charge is 0.256 e. The zero-order chi connectivity index (χ0) is 21.4. The van der Waals surface area contributed by atoms with Gasteiger partial charge in [-0.1, -0.05) is 86.3 Å². The topological polar surface area (TPSA) is 12.9 Å². The van der Waals surface area contributed by atoms with Crippen molar-refractivity contribution in [2.24, 2.45) is 0 Å². The number of rotatable bonds is 4. The molecule has 0 aliphatic carbocycles. The molecule has 128 valence electrons. The second-order valence-corrected chi connectivity index (χ2v) is 12.5. The van der Waals surface area contributed by atoms with Crippen LogP contribution in [0.2, 0.25) is 19.6 Å². The molecule has 0 fully saturated rings. The standard InChI is InChI=1S/C23H27NSi/c1-17-11-14-23(24-16-17)21-13-12-20(25(3,4)5)15-22(21)18(2)19-9-7-6-8-10-19/h6-16,18H,1-5H3/i1D3,18D. The minimum absolute atomic E-state index is 0.221. The summed E-state index contributed by atoms with van der Waals surface area (Å²) >= 11 is 0. The molecule has 1 unspecified atom stereocenters. The van der Waals surface area contributed by atoms with Crippen molar-refractivity contribution < 1.29 is 5.48 Å². The maximum atomic E-state index is 9.24. The smallest absolute Gasteiger partial charge is 0.0776 e. The Kier molecular flexibility index (Phi) is 3.64. The van der Waals surface area contributed by atoms with Gasteiger partial charge in [0.25, 0.3) is 0 Å². The van der Waals surface area contributed by atoms with Gasteiger partial charge in [-0.3, -0.25) is 4.98 Å². The second-order valence-electron chi connectivity index (χ2n) is 7.43. The number of benzene rings is 2. The molecule has 2 heteroatoms. The number of hydrogen-bond donors (Lipinski definition) is 0. The summed E-state index contributed by atoms with van der Waals surface area (Å²) in [5, 5.41) is 1.28. The summed E-state index contributed by atoms with van der Waals surface area (Å²) in [5.41, 5.74) is 3.57. The van der Waals surface area contributed by atoms with Crippen LogP contribution in [0, 0.1) is 6.85 Å². The summed E-state index contributed by atoms with van der Waals surface area (Å²) in [5.74, 6) is -0.962. The van der Waals surface area contributed by atoms with Gasteiger partial charge in [0.1, 0.15) is 0 Å². The molecule has 0 spiro atoms. The maximum Gasteiger partial charge on any atom is 0.0776 e. The highest BCUT2D eigenvalue weighted by atomic mass is 28.3. The molecule has 0 aliphatic rings. The third kappa shape index (κ3) is 3.90. The van der Waals surface area contributed by atoms with E-state index in [9.17, 15) is 1.37 Å². The molecule has 1 atom stereocenters. The van der Waals surface area contributed by atoms with Crippen molar-refractivity contribution in [2.75, 3.05) is 0 Å². The van der Waals surface area contributed by atoms with Crippen molar-refractivity contribution in [2.45, 2.75) is 39.3 Å². The van der Waals surface area contributed by atoms with Gasteiger partial charge >= 0.3 is 0 Å². The van der Waals surface area contributed by atoms with E-state index < -0.39 is 20.8 Å². The lowest BCUT2D eigenvalue weighted by Gasteiger charge is -2.23. The molecule has 1 nitrogen and oxygen atoms in total. The molecular weight excluding hydrogens is 318 g/mol. The third-order valence-corrected chi connectivity index (χ3v) is 6.58. The van der Waals surface area contributed by atoms with Crippen LogP contribution < -0.4 is 5.19 Å². The van der Waals surface area contributed by atoms with Crippen molar-refractivity contribution in [3.05, 3.63) is 83.6 Å². The first-order chi connectivity index (χ1) is 13.4. The van der Waals surface area contributed by atoms with Gasteiger partial charge in [-0.05, 0) is 29.6 Å². The summed E-state index contributed by atoms with van der Waals surface area (Å²) in [6.07, 6.45) is 1.42. The molecule has 3 aromatic rings. The number of pyridine rings is 1. The molecule has 0 amide bonds. The molecule has 0 aliphatic heterocycles. The highest BCUT2D eigenvalue weighted by Crippen LogP contribution is 2.32. The predicted octanol–water partition coefficient (Wildman–Crippen LogP) is 5.75. The highest BCUT2D eigenvalue weighted by Gasteiger charge is 2.21. The molecule has 3 rings (SSSR count). The van der Waals surface area contributed by atoms with Crippen LogP contribution in [0.4, 0.5) is 0 Å². The van der Waals surface area contributed by atoms with Crippen molar-refractivity contribution in [3.8, 4) is 11.3 Å². The van der Waals surface area contributed by atoms with E-state index in [1.54, 1.807) is 12.1 Å². The maximum absolute atomic E-state index is 9.24. The summed E-state index contributed by atoms with van der Waals surface area (Å²) < 4.78 is 31.9. The lowest BCUT2D eigenvalue weighted by molar-refractivity contribution is 0.924. The van der Waals surface area contributed by atoms with E-state index in [-0.39, 0.29) is 5.56 Å². The molecule has 0 radical (unpaired) electrons. The zero-order valence-corrected chi connectivity index (χ0v) is 16.3. The first kappa shape index (κ1) is 13.1. The number of nitrogens with zero attached hydrogens (tertiary/aromatic N) is 1. The molecule has 2 aromatic carbocycles. The second kappa shape index (κ2) is 6.97. The van der Waals surface area contributed by atoms with Gasteiger partial charge in [0.05, 0.1) is 13.8 Å². The molecular formula is C23H27NSi. The Bertz CT molecular complexity index is 988. The first-order valence-corrected chi connectivity index (χ1v) is 12.1.